The normalized spacial score (nSPS) is 40.0. The van der Waals surface area contributed by atoms with Gasteiger partial charge in [-0.25, -0.2) is 0 Å². The maximum absolute atomic E-state index is 11.2. The fourth-order valence-corrected chi connectivity index (χ4v) is 6.15. The first-order valence-corrected chi connectivity index (χ1v) is 17.6. The maximum atomic E-state index is 11.2. The van der Waals surface area contributed by atoms with Crippen molar-refractivity contribution in [3.05, 3.63) is 12.2 Å². The average Bonchev–Trinajstić information content (AvgIpc) is 3.03. The highest BCUT2D eigenvalue weighted by Crippen LogP contribution is 2.32. The lowest BCUT2D eigenvalue weighted by Crippen LogP contribution is -2.65. The first kappa shape index (κ1) is 38.7. The summed E-state index contributed by atoms with van der Waals surface area (Å²) in [5, 5.41) is 44.4. The Kier molecular flexibility index (Phi) is 19.0. The van der Waals surface area contributed by atoms with Crippen molar-refractivity contribution in [3.63, 3.8) is 0 Å². The van der Waals surface area contributed by atoms with Crippen molar-refractivity contribution in [1.29, 1.82) is 0 Å². The molecule has 11 nitrogen and oxygen atoms in total. The van der Waals surface area contributed by atoms with Gasteiger partial charge in [-0.15, -0.1) is 0 Å². The Balaban J connectivity index is 1.74. The van der Waals surface area contributed by atoms with Crippen molar-refractivity contribution in [2.24, 2.45) is 0 Å². The van der Waals surface area contributed by atoms with E-state index in [0.717, 1.165) is 57.8 Å². The molecular formula is C34H62O11. The molecule has 4 N–H and O–H groups in total. The summed E-state index contributed by atoms with van der Waals surface area (Å²) in [6.45, 7) is 7.12. The fraction of sp³-hybridized carbons (Fsp3) is 0.941. The van der Waals surface area contributed by atoms with E-state index in [4.69, 9.17) is 33.2 Å². The quantitative estimate of drug-likeness (QED) is 0.313. The van der Waals surface area contributed by atoms with Crippen LogP contribution in [0.4, 0.5) is 0 Å². The Morgan fingerprint density at radius 3 is 1.80 bits per heavy atom. The molecule has 11 atom stereocenters. The maximum Gasteiger partial charge on any atom is 0.187 e. The van der Waals surface area contributed by atoms with Gasteiger partial charge in [0.15, 0.2) is 12.6 Å². The van der Waals surface area contributed by atoms with Crippen LogP contribution < -0.4 is 0 Å². The Bertz CT molecular complexity index is 785. The number of fused-ring (bicyclic) bond motifs is 19. The first-order valence-electron chi connectivity index (χ1n) is 17.6. The van der Waals surface area contributed by atoms with Crippen molar-refractivity contribution in [3.8, 4) is 0 Å². The zero-order chi connectivity index (χ0) is 32.4. The van der Waals surface area contributed by atoms with E-state index in [1.165, 1.54) is 25.7 Å². The third-order valence-corrected chi connectivity index (χ3v) is 8.89. The largest absolute Gasteiger partial charge is 0.387 e. The highest BCUT2D eigenvalue weighted by Gasteiger charge is 2.52. The lowest BCUT2D eigenvalue weighted by molar-refractivity contribution is -0.373. The molecule has 2 saturated heterocycles. The van der Waals surface area contributed by atoms with Crippen LogP contribution in [0.5, 0.6) is 0 Å². The second-order valence-corrected chi connectivity index (χ2v) is 12.6. The Morgan fingerprint density at radius 1 is 0.578 bits per heavy atom. The molecule has 11 unspecified atom stereocenters. The standard InChI is InChI=1S/C34H62O11/c1-4-39-22-25-27(35)28(36)32-34(43-25)42-24(3)20-18-16-14-12-10-8-6-7-9-11-13-15-17-19-21-41-31-26(23-40-5-2)44-33(45-32)30(38)29(31)37/h6,8,24-38H,4-5,7,9-23H2,1-3H3/b8-6-. The minimum Gasteiger partial charge on any atom is -0.387 e. The van der Waals surface area contributed by atoms with E-state index >= 15 is 0 Å². The van der Waals surface area contributed by atoms with Gasteiger partial charge in [0.05, 0.1) is 19.3 Å². The highest BCUT2D eigenvalue weighted by atomic mass is 16.8. The van der Waals surface area contributed by atoms with Crippen LogP contribution in [0.2, 0.25) is 0 Å². The van der Waals surface area contributed by atoms with Crippen molar-refractivity contribution in [2.75, 3.05) is 33.0 Å². The molecule has 0 saturated carbocycles. The molecule has 0 spiro atoms. The summed E-state index contributed by atoms with van der Waals surface area (Å²) in [6.07, 6.45) is 6.87. The van der Waals surface area contributed by atoms with Gasteiger partial charge >= 0.3 is 0 Å². The predicted molar refractivity (Wildman–Crippen MR) is 169 cm³/mol. The van der Waals surface area contributed by atoms with Crippen molar-refractivity contribution in [1.82, 2.24) is 0 Å². The van der Waals surface area contributed by atoms with Gasteiger partial charge in [-0.2, -0.15) is 0 Å². The molecule has 0 aromatic heterocycles. The van der Waals surface area contributed by atoms with E-state index in [1.54, 1.807) is 0 Å². The van der Waals surface area contributed by atoms with Crippen LogP contribution in [-0.4, -0.2) is 121 Å². The van der Waals surface area contributed by atoms with Gasteiger partial charge in [0, 0.05) is 19.8 Å². The molecule has 4 heterocycles. The van der Waals surface area contributed by atoms with E-state index in [-0.39, 0.29) is 19.3 Å². The number of rotatable bonds is 6. The summed E-state index contributed by atoms with van der Waals surface area (Å²) < 4.78 is 41.8. The SMILES string of the molecule is CCOCC1OC2OC(C)CCCCCC/C=C\CCCCCCCCOC3C(COCC)OC(OC2C(O)C1O)C(O)C3O. The van der Waals surface area contributed by atoms with E-state index in [2.05, 4.69) is 12.2 Å². The molecule has 4 rings (SSSR count). The molecule has 2 fully saturated rings. The fourth-order valence-electron chi connectivity index (χ4n) is 6.15. The van der Waals surface area contributed by atoms with E-state index in [9.17, 15) is 20.4 Å². The molecule has 0 aromatic carbocycles. The van der Waals surface area contributed by atoms with Gasteiger partial charge < -0.3 is 53.6 Å². The lowest BCUT2D eigenvalue weighted by Gasteiger charge is -2.47. The number of hydrogen-bond acceptors (Lipinski definition) is 11. The van der Waals surface area contributed by atoms with E-state index in [0.29, 0.717) is 19.8 Å². The van der Waals surface area contributed by atoms with Crippen LogP contribution >= 0.6 is 0 Å². The lowest BCUT2D eigenvalue weighted by atomic mass is 9.97. The van der Waals surface area contributed by atoms with Crippen LogP contribution in [0.25, 0.3) is 0 Å². The highest BCUT2D eigenvalue weighted by molar-refractivity contribution is 4.95. The third-order valence-electron chi connectivity index (χ3n) is 8.89. The summed E-state index contributed by atoms with van der Waals surface area (Å²) in [7, 11) is 0. The molecule has 4 aliphatic rings. The Labute approximate surface area is 270 Å². The summed E-state index contributed by atoms with van der Waals surface area (Å²) in [5.41, 5.74) is 0. The predicted octanol–water partition coefficient (Wildman–Crippen LogP) is 3.77. The molecule has 0 radical (unpaired) electrons. The Morgan fingerprint density at radius 2 is 1.13 bits per heavy atom. The summed E-state index contributed by atoms with van der Waals surface area (Å²) >= 11 is 0. The van der Waals surface area contributed by atoms with Crippen LogP contribution in [-0.2, 0) is 33.2 Å². The number of aliphatic hydroxyl groups excluding tert-OH is 4. The molecule has 11 heteroatoms. The van der Waals surface area contributed by atoms with Crippen molar-refractivity contribution in [2.45, 2.75) is 172 Å². The molecule has 0 aromatic rings. The first-order chi connectivity index (χ1) is 21.9. The monoisotopic (exact) mass is 646 g/mol. The van der Waals surface area contributed by atoms with Crippen molar-refractivity contribution < 1.29 is 53.6 Å². The summed E-state index contributed by atoms with van der Waals surface area (Å²) in [5.74, 6) is 0. The number of allylic oxidation sites excluding steroid dienone is 2. The number of hydrogen-bond donors (Lipinski definition) is 4. The van der Waals surface area contributed by atoms with Gasteiger partial charge in [-0.3, -0.25) is 0 Å². The minimum atomic E-state index is -1.48. The zero-order valence-electron chi connectivity index (χ0n) is 27.9. The second-order valence-electron chi connectivity index (χ2n) is 12.6. The number of ether oxygens (including phenoxy) is 7. The minimum absolute atomic E-state index is 0.0703. The molecular weight excluding hydrogens is 584 g/mol. The molecule has 264 valence electrons. The van der Waals surface area contributed by atoms with Gasteiger partial charge in [-0.1, -0.05) is 57.1 Å². The summed E-state index contributed by atoms with van der Waals surface area (Å²) in [4.78, 5) is 0. The van der Waals surface area contributed by atoms with Crippen LogP contribution in [0.3, 0.4) is 0 Å². The third kappa shape index (κ3) is 13.0. The van der Waals surface area contributed by atoms with Gasteiger partial charge in [-0.05, 0) is 59.3 Å². The smallest absolute Gasteiger partial charge is 0.187 e. The van der Waals surface area contributed by atoms with Gasteiger partial charge in [0.1, 0.15) is 48.8 Å². The molecule has 4 aliphatic heterocycles. The van der Waals surface area contributed by atoms with Crippen LogP contribution in [0.1, 0.15) is 104 Å². The molecule has 0 aliphatic carbocycles. The van der Waals surface area contributed by atoms with E-state index in [1.807, 2.05) is 20.8 Å². The zero-order valence-corrected chi connectivity index (χ0v) is 27.9. The summed E-state index contributed by atoms with van der Waals surface area (Å²) in [6, 6.07) is 0. The molecule has 2 bridgehead atoms. The number of aliphatic hydroxyl groups is 4. The molecule has 0 amide bonds. The second kappa shape index (κ2) is 22.0. The average molecular weight is 647 g/mol. The van der Waals surface area contributed by atoms with Crippen LogP contribution in [0, 0.1) is 0 Å². The van der Waals surface area contributed by atoms with E-state index < -0.39 is 61.4 Å². The van der Waals surface area contributed by atoms with Gasteiger partial charge in [0.25, 0.3) is 0 Å². The molecule has 45 heavy (non-hydrogen) atoms. The van der Waals surface area contributed by atoms with Crippen molar-refractivity contribution >= 4 is 0 Å². The van der Waals surface area contributed by atoms with Crippen LogP contribution in [0.15, 0.2) is 12.2 Å². The van der Waals surface area contributed by atoms with Gasteiger partial charge in [0.2, 0.25) is 0 Å². The Hall–Kier alpha value is -0.700. The topological polar surface area (TPSA) is 146 Å².